The van der Waals surface area contributed by atoms with Gasteiger partial charge in [0.2, 0.25) is 6.33 Å². The summed E-state index contributed by atoms with van der Waals surface area (Å²) in [6.45, 7) is 2.51. The van der Waals surface area contributed by atoms with E-state index in [2.05, 4.69) is 16.5 Å². The van der Waals surface area contributed by atoms with Gasteiger partial charge in [0.1, 0.15) is 0 Å². The molecular weight excluding hydrogens is 118 g/mol. The minimum atomic E-state index is 0.512. The van der Waals surface area contributed by atoms with Gasteiger partial charge in [0.25, 0.3) is 0 Å². The van der Waals surface area contributed by atoms with Gasteiger partial charge in [0.05, 0.1) is 6.61 Å². The van der Waals surface area contributed by atoms with E-state index in [1.807, 2.05) is 6.92 Å². The van der Waals surface area contributed by atoms with Crippen LogP contribution in [0.5, 0.6) is 6.01 Å². The first kappa shape index (κ1) is 6.07. The summed E-state index contributed by atoms with van der Waals surface area (Å²) in [5.41, 5.74) is 0. The highest BCUT2D eigenvalue weighted by Gasteiger charge is 1.97. The van der Waals surface area contributed by atoms with Crippen molar-refractivity contribution < 1.29 is 4.74 Å². The molecule has 4 nitrogen and oxygen atoms in total. The molecular formula is C5H8N3O. The summed E-state index contributed by atoms with van der Waals surface area (Å²) in [6.07, 6.45) is 2.58. The Balaban J connectivity index is 2.69. The Kier molecular flexibility index (Phi) is 1.67. The van der Waals surface area contributed by atoms with Gasteiger partial charge < -0.3 is 4.74 Å². The molecule has 0 N–H and O–H groups in total. The zero-order valence-corrected chi connectivity index (χ0v) is 5.46. The smallest absolute Gasteiger partial charge is 0.317 e. The van der Waals surface area contributed by atoms with Gasteiger partial charge in [-0.15, -0.1) is 5.10 Å². The molecule has 0 unspecified atom stereocenters. The Morgan fingerprint density at radius 2 is 2.56 bits per heavy atom. The Bertz CT molecular complexity index is 184. The normalized spacial score (nSPS) is 9.56. The van der Waals surface area contributed by atoms with Gasteiger partial charge in [-0.05, 0) is 6.92 Å². The predicted octanol–water partition coefficient (Wildman–Crippen LogP) is 0.0140. The lowest BCUT2D eigenvalue weighted by atomic mass is 10.9. The van der Waals surface area contributed by atoms with Crippen molar-refractivity contribution in [2.24, 2.45) is 7.05 Å². The topological polar surface area (TPSA) is 39.9 Å². The van der Waals surface area contributed by atoms with Gasteiger partial charge in [0, 0.05) is 7.05 Å². The van der Waals surface area contributed by atoms with Crippen LogP contribution in [0.4, 0.5) is 0 Å². The SMILES string of the molecule is CCOc1nn[c]n1C. The number of aryl methyl sites for hydroxylation is 1. The summed E-state index contributed by atoms with van der Waals surface area (Å²) in [4.78, 5) is 0. The first-order valence-electron chi connectivity index (χ1n) is 2.74. The van der Waals surface area contributed by atoms with Crippen LogP contribution >= 0.6 is 0 Å². The molecule has 1 aromatic rings. The van der Waals surface area contributed by atoms with Crippen LogP contribution in [0.25, 0.3) is 0 Å². The highest BCUT2D eigenvalue weighted by molar-refractivity contribution is 4.88. The van der Waals surface area contributed by atoms with E-state index in [0.29, 0.717) is 12.6 Å². The van der Waals surface area contributed by atoms with E-state index in [1.54, 1.807) is 11.6 Å². The lowest BCUT2D eigenvalue weighted by Crippen LogP contribution is -1.98. The van der Waals surface area contributed by atoms with E-state index >= 15 is 0 Å². The molecule has 1 aromatic heterocycles. The number of hydrogen-bond acceptors (Lipinski definition) is 3. The van der Waals surface area contributed by atoms with Gasteiger partial charge >= 0.3 is 6.01 Å². The number of aromatic nitrogens is 3. The molecule has 0 saturated carbocycles. The largest absolute Gasteiger partial charge is 0.464 e. The molecule has 49 valence electrons. The van der Waals surface area contributed by atoms with Gasteiger partial charge in [0.15, 0.2) is 0 Å². The molecule has 0 saturated heterocycles. The molecule has 1 radical (unpaired) electrons. The van der Waals surface area contributed by atoms with Crippen LogP contribution < -0.4 is 4.74 Å². The molecule has 0 aliphatic heterocycles. The van der Waals surface area contributed by atoms with Gasteiger partial charge in [-0.3, -0.25) is 4.57 Å². The zero-order valence-electron chi connectivity index (χ0n) is 5.46. The Hall–Kier alpha value is -1.06. The second-order valence-corrected chi connectivity index (χ2v) is 1.57. The monoisotopic (exact) mass is 126 g/mol. The maximum Gasteiger partial charge on any atom is 0.317 e. The third-order valence-corrected chi connectivity index (χ3v) is 0.891. The summed E-state index contributed by atoms with van der Waals surface area (Å²) in [7, 11) is 1.78. The number of hydrogen-bond donors (Lipinski definition) is 0. The van der Waals surface area contributed by atoms with Crippen LogP contribution in [0, 0.1) is 6.33 Å². The van der Waals surface area contributed by atoms with Crippen LogP contribution in [0.15, 0.2) is 0 Å². The predicted molar refractivity (Wildman–Crippen MR) is 31.0 cm³/mol. The standard InChI is InChI=1S/C5H8N3O/c1-3-9-5-7-6-4-8(5)2/h3H2,1-2H3. The van der Waals surface area contributed by atoms with E-state index in [-0.39, 0.29) is 0 Å². The fourth-order valence-corrected chi connectivity index (χ4v) is 0.497. The zero-order chi connectivity index (χ0) is 6.69. The first-order chi connectivity index (χ1) is 4.34. The summed E-state index contributed by atoms with van der Waals surface area (Å²) in [6, 6.07) is 0.512. The van der Waals surface area contributed by atoms with Crippen LogP contribution in [-0.2, 0) is 7.05 Å². The van der Waals surface area contributed by atoms with Crippen molar-refractivity contribution in [3.8, 4) is 6.01 Å². The van der Waals surface area contributed by atoms with Crippen LogP contribution in [0.1, 0.15) is 6.92 Å². The number of nitrogens with zero attached hydrogens (tertiary/aromatic N) is 3. The molecule has 0 amide bonds. The van der Waals surface area contributed by atoms with Gasteiger partial charge in [-0.1, -0.05) is 5.10 Å². The molecule has 1 rings (SSSR count). The van der Waals surface area contributed by atoms with Gasteiger partial charge in [-0.2, -0.15) is 0 Å². The Morgan fingerprint density at radius 1 is 1.78 bits per heavy atom. The lowest BCUT2D eigenvalue weighted by molar-refractivity contribution is 0.301. The lowest BCUT2D eigenvalue weighted by Gasteiger charge is -1.97. The minimum absolute atomic E-state index is 0.512. The highest BCUT2D eigenvalue weighted by atomic mass is 16.5. The second kappa shape index (κ2) is 2.48. The molecule has 0 bridgehead atoms. The molecule has 0 spiro atoms. The van der Waals surface area contributed by atoms with Crippen molar-refractivity contribution in [2.75, 3.05) is 6.61 Å². The molecule has 0 atom stereocenters. The summed E-state index contributed by atoms with van der Waals surface area (Å²) < 4.78 is 6.64. The second-order valence-electron chi connectivity index (χ2n) is 1.57. The summed E-state index contributed by atoms with van der Waals surface area (Å²) in [5, 5.41) is 7.14. The van der Waals surface area contributed by atoms with Crippen molar-refractivity contribution in [3.63, 3.8) is 0 Å². The van der Waals surface area contributed by atoms with Crippen LogP contribution in [-0.4, -0.2) is 21.4 Å². The minimum Gasteiger partial charge on any atom is -0.464 e. The fourth-order valence-electron chi connectivity index (χ4n) is 0.497. The molecule has 1 heterocycles. The van der Waals surface area contributed by atoms with Crippen molar-refractivity contribution in [3.05, 3.63) is 6.33 Å². The Labute approximate surface area is 53.5 Å². The van der Waals surface area contributed by atoms with E-state index in [9.17, 15) is 0 Å². The van der Waals surface area contributed by atoms with Crippen LogP contribution in [0.2, 0.25) is 0 Å². The van der Waals surface area contributed by atoms with E-state index in [4.69, 9.17) is 4.74 Å². The molecule has 0 aliphatic carbocycles. The highest BCUT2D eigenvalue weighted by Crippen LogP contribution is 1.99. The summed E-state index contributed by atoms with van der Waals surface area (Å²) in [5.74, 6) is 0. The fraction of sp³-hybridized carbons (Fsp3) is 0.600. The number of ether oxygens (including phenoxy) is 1. The van der Waals surface area contributed by atoms with E-state index in [1.165, 1.54) is 0 Å². The molecule has 0 aliphatic rings. The van der Waals surface area contributed by atoms with Crippen molar-refractivity contribution >= 4 is 0 Å². The van der Waals surface area contributed by atoms with Crippen molar-refractivity contribution in [2.45, 2.75) is 6.92 Å². The molecule has 9 heavy (non-hydrogen) atoms. The van der Waals surface area contributed by atoms with Gasteiger partial charge in [-0.25, -0.2) is 0 Å². The van der Waals surface area contributed by atoms with E-state index < -0.39 is 0 Å². The maximum atomic E-state index is 5.03. The average Bonchev–Trinajstić information content (AvgIpc) is 2.18. The Morgan fingerprint density at radius 3 is 3.00 bits per heavy atom. The number of rotatable bonds is 2. The molecule has 0 aromatic carbocycles. The molecule has 0 fully saturated rings. The van der Waals surface area contributed by atoms with E-state index in [0.717, 1.165) is 0 Å². The first-order valence-corrected chi connectivity index (χ1v) is 2.74. The van der Waals surface area contributed by atoms with Crippen molar-refractivity contribution in [1.82, 2.24) is 14.8 Å². The maximum absolute atomic E-state index is 5.03. The summed E-state index contributed by atoms with van der Waals surface area (Å²) >= 11 is 0. The third kappa shape index (κ3) is 1.19. The average molecular weight is 126 g/mol. The third-order valence-electron chi connectivity index (χ3n) is 0.891. The quantitative estimate of drug-likeness (QED) is 0.560. The molecule has 4 heteroatoms. The van der Waals surface area contributed by atoms with Crippen molar-refractivity contribution in [1.29, 1.82) is 0 Å². The van der Waals surface area contributed by atoms with Crippen LogP contribution in [0.3, 0.4) is 0 Å².